The number of aliphatic hydroxyl groups is 2. The lowest BCUT2D eigenvalue weighted by Gasteiger charge is -2.21. The van der Waals surface area contributed by atoms with Crippen LogP contribution in [-0.2, 0) is 9.53 Å². The predicted octanol–water partition coefficient (Wildman–Crippen LogP) is 0.546. The summed E-state index contributed by atoms with van der Waals surface area (Å²) in [4.78, 5) is 25.2. The molecule has 170 valence electrons. The van der Waals surface area contributed by atoms with Gasteiger partial charge >= 0.3 is 0 Å². The number of fused-ring (bicyclic) bond motifs is 1. The number of aromatic nitrogens is 4. The van der Waals surface area contributed by atoms with E-state index in [9.17, 15) is 15.0 Å². The van der Waals surface area contributed by atoms with Crippen LogP contribution in [0.5, 0.6) is 0 Å². The Morgan fingerprint density at radius 3 is 2.77 bits per heavy atom. The van der Waals surface area contributed by atoms with Crippen LogP contribution < -0.4 is 16.4 Å². The third kappa shape index (κ3) is 4.43. The van der Waals surface area contributed by atoms with Gasteiger partial charge in [-0.25, -0.2) is 4.98 Å². The van der Waals surface area contributed by atoms with Gasteiger partial charge in [-0.15, -0.1) is 0 Å². The van der Waals surface area contributed by atoms with E-state index in [1.54, 1.807) is 6.92 Å². The average molecular weight is 434 g/mol. The summed E-state index contributed by atoms with van der Waals surface area (Å²) in [5, 5.41) is 26.6. The molecule has 1 aliphatic carbocycles. The summed E-state index contributed by atoms with van der Waals surface area (Å²) in [6.07, 6.45) is 4.00. The van der Waals surface area contributed by atoms with Crippen molar-refractivity contribution in [3.8, 4) is 0 Å². The molecule has 4 rings (SSSR count). The van der Waals surface area contributed by atoms with Crippen LogP contribution in [0.25, 0.3) is 11.2 Å². The number of ether oxygens (including phenoxy) is 1. The van der Waals surface area contributed by atoms with Crippen LogP contribution in [0, 0.1) is 5.92 Å². The fraction of sp³-hybridized carbons (Fsp3) is 0.700. The van der Waals surface area contributed by atoms with Crippen molar-refractivity contribution in [2.75, 3.05) is 24.1 Å². The number of nitrogens with one attached hydrogen (secondary N) is 2. The number of nitrogens with two attached hydrogens (primary N) is 1. The molecular weight excluding hydrogens is 402 g/mol. The number of imidazole rings is 1. The number of rotatable bonds is 7. The maximum Gasteiger partial charge on any atom is 0.252 e. The first kappa shape index (κ1) is 21.7. The molecule has 0 bridgehead atoms. The van der Waals surface area contributed by atoms with Gasteiger partial charge in [-0.2, -0.15) is 9.97 Å². The SMILES string of the molecule is CCNC(=O)[C@H]1O[C@@H](n2cnc3c(N)nc(NCCC4CCCCC4)nc32)[C@H](O)[C@@H]1O. The number of likely N-dealkylation sites (N-methyl/N-ethyl adjacent to an activating group) is 1. The normalized spacial score (nSPS) is 26.9. The highest BCUT2D eigenvalue weighted by Crippen LogP contribution is 2.32. The zero-order valence-corrected chi connectivity index (χ0v) is 17.7. The highest BCUT2D eigenvalue weighted by molar-refractivity contribution is 5.83. The quantitative estimate of drug-likeness (QED) is 0.420. The summed E-state index contributed by atoms with van der Waals surface area (Å²) >= 11 is 0. The Balaban J connectivity index is 1.51. The number of amides is 1. The van der Waals surface area contributed by atoms with E-state index in [2.05, 4.69) is 25.6 Å². The number of hydrogen-bond donors (Lipinski definition) is 5. The minimum atomic E-state index is -1.37. The second-order valence-electron chi connectivity index (χ2n) is 8.30. The molecular formula is C20H31N7O4. The molecule has 2 aromatic rings. The predicted molar refractivity (Wildman–Crippen MR) is 114 cm³/mol. The molecule has 11 heteroatoms. The van der Waals surface area contributed by atoms with E-state index in [1.165, 1.54) is 43.0 Å². The number of carbonyl (C=O) groups excluding carboxylic acids is 1. The summed E-state index contributed by atoms with van der Waals surface area (Å²) in [6.45, 7) is 2.89. The van der Waals surface area contributed by atoms with Crippen molar-refractivity contribution in [2.45, 2.75) is 70.0 Å². The molecule has 4 atom stereocenters. The topological polar surface area (TPSA) is 160 Å². The molecule has 0 unspecified atom stereocenters. The second kappa shape index (κ2) is 9.33. The molecule has 0 aromatic carbocycles. The molecule has 1 saturated heterocycles. The Hall–Kier alpha value is -2.50. The van der Waals surface area contributed by atoms with E-state index >= 15 is 0 Å². The van der Waals surface area contributed by atoms with Gasteiger partial charge in [-0.1, -0.05) is 32.1 Å². The zero-order valence-electron chi connectivity index (χ0n) is 17.7. The standard InChI is InChI=1S/C20H31N7O4/c1-2-22-18(30)15-13(28)14(29)19(31-15)27-10-24-12-16(21)25-20(26-17(12)27)23-9-8-11-6-4-3-5-7-11/h10-11,13-15,19,28-29H,2-9H2,1H3,(H,22,30)(H3,21,23,25,26)/t13-,14+,15-,19+/m0/s1. The van der Waals surface area contributed by atoms with Gasteiger partial charge in [0.05, 0.1) is 6.33 Å². The van der Waals surface area contributed by atoms with Gasteiger partial charge in [0, 0.05) is 13.1 Å². The van der Waals surface area contributed by atoms with Gasteiger partial charge in [0.15, 0.2) is 23.8 Å². The molecule has 6 N–H and O–H groups in total. The molecule has 2 aliphatic rings. The summed E-state index contributed by atoms with van der Waals surface area (Å²) in [7, 11) is 0. The van der Waals surface area contributed by atoms with Crippen LogP contribution in [0.1, 0.15) is 51.7 Å². The number of nitrogens with zero attached hydrogens (tertiary/aromatic N) is 4. The largest absolute Gasteiger partial charge is 0.387 e. The lowest BCUT2D eigenvalue weighted by molar-refractivity contribution is -0.137. The molecule has 1 saturated carbocycles. The van der Waals surface area contributed by atoms with Gasteiger partial charge in [-0.05, 0) is 19.3 Å². The van der Waals surface area contributed by atoms with Crippen LogP contribution in [0.15, 0.2) is 6.33 Å². The van der Waals surface area contributed by atoms with Gasteiger partial charge in [0.25, 0.3) is 5.91 Å². The van der Waals surface area contributed by atoms with Crippen molar-refractivity contribution in [3.05, 3.63) is 6.33 Å². The molecule has 1 amide bonds. The number of nitrogen functional groups attached to an aromatic ring is 1. The van der Waals surface area contributed by atoms with Crippen molar-refractivity contribution in [1.82, 2.24) is 24.8 Å². The van der Waals surface area contributed by atoms with Crippen LogP contribution in [-0.4, -0.2) is 67.0 Å². The third-order valence-electron chi connectivity index (χ3n) is 6.13. The van der Waals surface area contributed by atoms with E-state index in [1.807, 2.05) is 0 Å². The van der Waals surface area contributed by atoms with Crippen LogP contribution in [0.2, 0.25) is 0 Å². The van der Waals surface area contributed by atoms with Crippen LogP contribution in [0.3, 0.4) is 0 Å². The summed E-state index contributed by atoms with van der Waals surface area (Å²) in [6, 6.07) is 0. The fourth-order valence-corrected chi connectivity index (χ4v) is 4.45. The maximum absolute atomic E-state index is 12.1. The summed E-state index contributed by atoms with van der Waals surface area (Å²) in [5.41, 5.74) is 6.80. The molecule has 3 heterocycles. The lowest BCUT2D eigenvalue weighted by atomic mass is 9.87. The van der Waals surface area contributed by atoms with Crippen LogP contribution >= 0.6 is 0 Å². The Bertz CT molecular complexity index is 914. The Morgan fingerprint density at radius 2 is 2.03 bits per heavy atom. The first-order valence-electron chi connectivity index (χ1n) is 11.0. The molecule has 11 nitrogen and oxygen atoms in total. The van der Waals surface area contributed by atoms with E-state index in [4.69, 9.17) is 10.5 Å². The van der Waals surface area contributed by atoms with Crippen molar-refractivity contribution in [2.24, 2.45) is 5.92 Å². The molecule has 0 spiro atoms. The monoisotopic (exact) mass is 433 g/mol. The lowest BCUT2D eigenvalue weighted by Crippen LogP contribution is -2.42. The van der Waals surface area contributed by atoms with E-state index < -0.39 is 30.4 Å². The number of anilines is 2. The third-order valence-corrected chi connectivity index (χ3v) is 6.13. The number of hydrogen-bond acceptors (Lipinski definition) is 9. The van der Waals surface area contributed by atoms with Gasteiger partial charge in [0.2, 0.25) is 5.95 Å². The first-order chi connectivity index (χ1) is 15.0. The first-order valence-corrected chi connectivity index (χ1v) is 11.0. The van der Waals surface area contributed by atoms with Crippen LogP contribution in [0.4, 0.5) is 11.8 Å². The highest BCUT2D eigenvalue weighted by Gasteiger charge is 2.47. The zero-order chi connectivity index (χ0) is 22.0. The summed E-state index contributed by atoms with van der Waals surface area (Å²) < 4.78 is 7.16. The molecule has 2 aromatic heterocycles. The van der Waals surface area contributed by atoms with E-state index in [0.29, 0.717) is 23.7 Å². The highest BCUT2D eigenvalue weighted by atomic mass is 16.6. The maximum atomic E-state index is 12.1. The minimum Gasteiger partial charge on any atom is -0.387 e. The summed E-state index contributed by atoms with van der Waals surface area (Å²) in [5.74, 6) is 0.816. The smallest absolute Gasteiger partial charge is 0.252 e. The fourth-order valence-electron chi connectivity index (χ4n) is 4.45. The van der Waals surface area contributed by atoms with Gasteiger partial charge in [-0.3, -0.25) is 9.36 Å². The Labute approximate surface area is 180 Å². The van der Waals surface area contributed by atoms with E-state index in [-0.39, 0.29) is 5.82 Å². The average Bonchev–Trinajstić information content (AvgIpc) is 3.31. The number of aliphatic hydroxyl groups excluding tert-OH is 2. The van der Waals surface area contributed by atoms with Gasteiger partial charge in [0.1, 0.15) is 17.7 Å². The number of carbonyl (C=O) groups is 1. The second-order valence-corrected chi connectivity index (χ2v) is 8.30. The molecule has 2 fully saturated rings. The van der Waals surface area contributed by atoms with Crippen molar-refractivity contribution in [1.29, 1.82) is 0 Å². The Morgan fingerprint density at radius 1 is 1.26 bits per heavy atom. The molecule has 0 radical (unpaired) electrons. The van der Waals surface area contributed by atoms with Crippen molar-refractivity contribution in [3.63, 3.8) is 0 Å². The molecule has 1 aliphatic heterocycles. The molecule has 31 heavy (non-hydrogen) atoms. The van der Waals surface area contributed by atoms with Crippen molar-refractivity contribution < 1.29 is 19.7 Å². The van der Waals surface area contributed by atoms with E-state index in [0.717, 1.165) is 18.9 Å². The van der Waals surface area contributed by atoms with Gasteiger partial charge < -0.3 is 31.3 Å². The van der Waals surface area contributed by atoms with Crippen molar-refractivity contribution >= 4 is 28.8 Å². The minimum absolute atomic E-state index is 0.206. The Kier molecular flexibility index (Phi) is 6.54.